The van der Waals surface area contributed by atoms with Gasteiger partial charge in [-0.05, 0) is 39.7 Å². The molecule has 2 N–H and O–H groups in total. The fourth-order valence-corrected chi connectivity index (χ4v) is 2.69. The van der Waals surface area contributed by atoms with Crippen LogP contribution in [-0.2, 0) is 6.54 Å². The highest BCUT2D eigenvalue weighted by Gasteiger charge is 2.21. The third kappa shape index (κ3) is 3.73. The molecule has 1 aromatic heterocycles. The summed E-state index contributed by atoms with van der Waals surface area (Å²) in [5.74, 6) is 0.0195. The molecule has 1 aliphatic heterocycles. The molecule has 2 heterocycles. The lowest BCUT2D eigenvalue weighted by atomic mass is 10.1. The molecule has 1 amide bonds. The number of aryl methyl sites for hydroxylation is 2. The van der Waals surface area contributed by atoms with Gasteiger partial charge >= 0.3 is 0 Å². The quantitative estimate of drug-likeness (QED) is 0.891. The molecule has 0 spiro atoms. The molecule has 5 nitrogen and oxygen atoms in total. The summed E-state index contributed by atoms with van der Waals surface area (Å²) in [5.41, 5.74) is 2.55. The molecule has 20 heavy (non-hydrogen) atoms. The Bertz CT molecular complexity index is 452. The maximum atomic E-state index is 12.4. The van der Waals surface area contributed by atoms with Gasteiger partial charge in [0.15, 0.2) is 0 Å². The largest absolute Gasteiger partial charge is 0.348 e. The summed E-state index contributed by atoms with van der Waals surface area (Å²) in [6.45, 7) is 8.79. The molecule has 0 aromatic carbocycles. The summed E-state index contributed by atoms with van der Waals surface area (Å²) in [5, 5.41) is 10.9. The topological polar surface area (TPSA) is 59.0 Å². The second-order valence-corrected chi connectivity index (χ2v) is 5.29. The van der Waals surface area contributed by atoms with Gasteiger partial charge in [0.25, 0.3) is 5.91 Å². The Morgan fingerprint density at radius 3 is 2.85 bits per heavy atom. The van der Waals surface area contributed by atoms with E-state index in [1.165, 1.54) is 0 Å². The minimum atomic E-state index is 0. The molecule has 1 aliphatic rings. The monoisotopic (exact) mass is 300 g/mol. The first-order chi connectivity index (χ1) is 9.13. The maximum absolute atomic E-state index is 12.4. The van der Waals surface area contributed by atoms with Crippen LogP contribution < -0.4 is 10.6 Å². The second-order valence-electron chi connectivity index (χ2n) is 5.29. The third-order valence-corrected chi connectivity index (χ3v) is 3.68. The molecule has 0 aliphatic carbocycles. The average molecular weight is 301 g/mol. The van der Waals surface area contributed by atoms with Crippen molar-refractivity contribution < 1.29 is 4.79 Å². The van der Waals surface area contributed by atoms with Crippen LogP contribution in [-0.4, -0.2) is 34.8 Å². The molecule has 1 atom stereocenters. The minimum absolute atomic E-state index is 0. The van der Waals surface area contributed by atoms with Crippen molar-refractivity contribution in [2.75, 3.05) is 13.1 Å². The zero-order chi connectivity index (χ0) is 13.8. The predicted octanol–water partition coefficient (Wildman–Crippen LogP) is 1.81. The molecular formula is C14H25ClN4O. The van der Waals surface area contributed by atoms with Crippen molar-refractivity contribution in [1.82, 2.24) is 20.4 Å². The molecule has 114 valence electrons. The van der Waals surface area contributed by atoms with E-state index in [1.807, 2.05) is 18.5 Å². The fraction of sp³-hybridized carbons (Fsp3) is 0.714. The first-order valence-corrected chi connectivity index (χ1v) is 7.19. The van der Waals surface area contributed by atoms with E-state index in [0.717, 1.165) is 55.8 Å². The van der Waals surface area contributed by atoms with Gasteiger partial charge in [0, 0.05) is 24.8 Å². The Morgan fingerprint density at radius 2 is 2.25 bits per heavy atom. The normalized spacial score (nSPS) is 18.4. The highest BCUT2D eigenvalue weighted by molar-refractivity contribution is 5.96. The Morgan fingerprint density at radius 1 is 1.50 bits per heavy atom. The van der Waals surface area contributed by atoms with Gasteiger partial charge in [0.1, 0.15) is 0 Å². The van der Waals surface area contributed by atoms with Crippen LogP contribution in [0.25, 0.3) is 0 Å². The minimum Gasteiger partial charge on any atom is -0.348 e. The summed E-state index contributed by atoms with van der Waals surface area (Å²) >= 11 is 0. The van der Waals surface area contributed by atoms with Gasteiger partial charge in [0.05, 0.1) is 11.3 Å². The Balaban J connectivity index is 0.00000200. The van der Waals surface area contributed by atoms with Crippen LogP contribution in [0.2, 0.25) is 0 Å². The van der Waals surface area contributed by atoms with E-state index < -0.39 is 0 Å². The van der Waals surface area contributed by atoms with Gasteiger partial charge in [-0.25, -0.2) is 0 Å². The molecule has 1 fully saturated rings. The van der Waals surface area contributed by atoms with Crippen LogP contribution in [0, 0.1) is 13.8 Å². The SMILES string of the molecule is CCCn1nc(C)c(C(=O)N[C@H]2CCCNC2)c1C.Cl. The van der Waals surface area contributed by atoms with Gasteiger partial charge in [-0.1, -0.05) is 6.92 Å². The van der Waals surface area contributed by atoms with Crippen molar-refractivity contribution in [2.24, 2.45) is 0 Å². The van der Waals surface area contributed by atoms with E-state index >= 15 is 0 Å². The first-order valence-electron chi connectivity index (χ1n) is 7.19. The van der Waals surface area contributed by atoms with Gasteiger partial charge in [0.2, 0.25) is 0 Å². The number of carbonyl (C=O) groups excluding carboxylic acids is 1. The number of halogens is 1. The molecule has 0 radical (unpaired) electrons. The molecule has 1 saturated heterocycles. The summed E-state index contributed by atoms with van der Waals surface area (Å²) in [4.78, 5) is 12.4. The molecule has 0 bridgehead atoms. The van der Waals surface area contributed by atoms with E-state index in [9.17, 15) is 4.79 Å². The van der Waals surface area contributed by atoms with E-state index in [0.29, 0.717) is 0 Å². The number of hydrogen-bond acceptors (Lipinski definition) is 3. The predicted molar refractivity (Wildman–Crippen MR) is 82.6 cm³/mol. The molecular weight excluding hydrogens is 276 g/mol. The van der Waals surface area contributed by atoms with Gasteiger partial charge < -0.3 is 10.6 Å². The smallest absolute Gasteiger partial charge is 0.255 e. The van der Waals surface area contributed by atoms with Crippen LogP contribution in [0.3, 0.4) is 0 Å². The Kier molecular flexibility index (Phi) is 6.49. The summed E-state index contributed by atoms with van der Waals surface area (Å²) in [6, 6.07) is 0.245. The lowest BCUT2D eigenvalue weighted by Crippen LogP contribution is -2.45. The fourth-order valence-electron chi connectivity index (χ4n) is 2.69. The van der Waals surface area contributed by atoms with Crippen LogP contribution in [0.15, 0.2) is 0 Å². The van der Waals surface area contributed by atoms with Crippen LogP contribution in [0.4, 0.5) is 0 Å². The molecule has 6 heteroatoms. The Labute approximate surface area is 126 Å². The summed E-state index contributed by atoms with van der Waals surface area (Å²) < 4.78 is 1.93. The summed E-state index contributed by atoms with van der Waals surface area (Å²) in [6.07, 6.45) is 3.20. The molecule has 0 saturated carbocycles. The van der Waals surface area contributed by atoms with Gasteiger partial charge in [-0.15, -0.1) is 12.4 Å². The lowest BCUT2D eigenvalue weighted by molar-refractivity contribution is 0.0929. The van der Waals surface area contributed by atoms with Crippen molar-refractivity contribution in [1.29, 1.82) is 0 Å². The number of carbonyl (C=O) groups is 1. The summed E-state index contributed by atoms with van der Waals surface area (Å²) in [7, 11) is 0. The first kappa shape index (κ1) is 17.0. The number of aromatic nitrogens is 2. The van der Waals surface area contributed by atoms with Crippen molar-refractivity contribution >= 4 is 18.3 Å². The number of rotatable bonds is 4. The van der Waals surface area contributed by atoms with Crippen molar-refractivity contribution in [3.8, 4) is 0 Å². The van der Waals surface area contributed by atoms with E-state index in [1.54, 1.807) is 0 Å². The van der Waals surface area contributed by atoms with E-state index in [-0.39, 0.29) is 24.4 Å². The van der Waals surface area contributed by atoms with Crippen molar-refractivity contribution in [3.63, 3.8) is 0 Å². The van der Waals surface area contributed by atoms with Crippen LogP contribution >= 0.6 is 12.4 Å². The lowest BCUT2D eigenvalue weighted by Gasteiger charge is -2.23. The molecule has 0 unspecified atom stereocenters. The number of nitrogens with zero attached hydrogens (tertiary/aromatic N) is 2. The van der Waals surface area contributed by atoms with Gasteiger partial charge in [-0.2, -0.15) is 5.10 Å². The third-order valence-electron chi connectivity index (χ3n) is 3.68. The number of amides is 1. The van der Waals surface area contributed by atoms with Crippen LogP contribution in [0.1, 0.15) is 47.9 Å². The second kappa shape index (κ2) is 7.64. The van der Waals surface area contributed by atoms with Gasteiger partial charge in [-0.3, -0.25) is 9.48 Å². The average Bonchev–Trinajstić information content (AvgIpc) is 2.66. The van der Waals surface area contributed by atoms with E-state index in [4.69, 9.17) is 0 Å². The Hall–Kier alpha value is -1.07. The maximum Gasteiger partial charge on any atom is 0.255 e. The number of nitrogens with one attached hydrogen (secondary N) is 2. The van der Waals surface area contributed by atoms with Crippen molar-refractivity contribution in [2.45, 2.75) is 52.6 Å². The standard InChI is InChI=1S/C14H24N4O.ClH/c1-4-8-18-11(3)13(10(2)17-18)14(19)16-12-6-5-7-15-9-12;/h12,15H,4-9H2,1-3H3,(H,16,19);1H/t12-;/m0./s1. The van der Waals surface area contributed by atoms with Crippen molar-refractivity contribution in [3.05, 3.63) is 17.0 Å². The van der Waals surface area contributed by atoms with E-state index in [2.05, 4.69) is 22.7 Å². The number of hydrogen-bond donors (Lipinski definition) is 2. The zero-order valence-electron chi connectivity index (χ0n) is 12.5. The zero-order valence-corrected chi connectivity index (χ0v) is 13.3. The molecule has 1 aromatic rings. The highest BCUT2D eigenvalue weighted by Crippen LogP contribution is 2.14. The highest BCUT2D eigenvalue weighted by atomic mass is 35.5. The molecule has 2 rings (SSSR count). The number of piperidine rings is 1. The van der Waals surface area contributed by atoms with Crippen LogP contribution in [0.5, 0.6) is 0 Å².